The van der Waals surface area contributed by atoms with Gasteiger partial charge in [0.25, 0.3) is 5.91 Å². The minimum absolute atomic E-state index is 0.0743. The van der Waals surface area contributed by atoms with E-state index in [0.29, 0.717) is 16.3 Å². The topological polar surface area (TPSA) is 58.2 Å². The quantitative estimate of drug-likeness (QED) is 0.864. The Morgan fingerprint density at radius 1 is 1.04 bits per heavy atom. The van der Waals surface area contributed by atoms with Crippen molar-refractivity contribution in [3.63, 3.8) is 0 Å². The van der Waals surface area contributed by atoms with Crippen LogP contribution in [0.1, 0.15) is 42.2 Å². The van der Waals surface area contributed by atoms with Gasteiger partial charge in [0.15, 0.2) is 0 Å². The molecule has 23 heavy (non-hydrogen) atoms. The Morgan fingerprint density at radius 2 is 1.65 bits per heavy atom. The van der Waals surface area contributed by atoms with Crippen molar-refractivity contribution in [1.29, 1.82) is 0 Å². The zero-order chi connectivity index (χ0) is 16.8. The van der Waals surface area contributed by atoms with E-state index in [9.17, 15) is 9.59 Å². The van der Waals surface area contributed by atoms with Gasteiger partial charge in [0.2, 0.25) is 5.91 Å². The van der Waals surface area contributed by atoms with Gasteiger partial charge in [-0.2, -0.15) is 0 Å². The van der Waals surface area contributed by atoms with Gasteiger partial charge in [0.05, 0.1) is 6.04 Å². The molecular formula is C18H19ClN2O2. The lowest BCUT2D eigenvalue weighted by molar-refractivity contribution is -0.114. The molecular weight excluding hydrogens is 312 g/mol. The van der Waals surface area contributed by atoms with Gasteiger partial charge in [-0.05, 0) is 48.4 Å². The SMILES string of the molecule is CCC(NC(=O)c1ccc(NC(C)=O)cc1)c1ccc(Cl)cc1. The highest BCUT2D eigenvalue weighted by Gasteiger charge is 2.14. The standard InChI is InChI=1S/C18H19ClN2O2/c1-3-17(13-4-8-15(19)9-5-13)21-18(23)14-6-10-16(11-7-14)20-12(2)22/h4-11,17H,3H2,1-2H3,(H,20,22)(H,21,23). The van der Waals surface area contributed by atoms with Crippen molar-refractivity contribution >= 4 is 29.1 Å². The highest BCUT2D eigenvalue weighted by Crippen LogP contribution is 2.20. The first kappa shape index (κ1) is 17.0. The molecule has 120 valence electrons. The summed E-state index contributed by atoms with van der Waals surface area (Å²) in [5.74, 6) is -0.294. The van der Waals surface area contributed by atoms with Gasteiger partial charge in [0.1, 0.15) is 0 Å². The summed E-state index contributed by atoms with van der Waals surface area (Å²) in [5.41, 5.74) is 2.23. The Morgan fingerprint density at radius 3 is 2.17 bits per heavy atom. The fraction of sp³-hybridized carbons (Fsp3) is 0.222. The summed E-state index contributed by atoms with van der Waals surface area (Å²) in [7, 11) is 0. The van der Waals surface area contributed by atoms with Crippen LogP contribution in [0, 0.1) is 0 Å². The minimum Gasteiger partial charge on any atom is -0.345 e. The number of hydrogen-bond acceptors (Lipinski definition) is 2. The summed E-state index contributed by atoms with van der Waals surface area (Å²) in [6, 6.07) is 14.2. The van der Waals surface area contributed by atoms with Crippen LogP contribution in [0.4, 0.5) is 5.69 Å². The Hall–Kier alpha value is -2.33. The van der Waals surface area contributed by atoms with Crippen LogP contribution in [0.5, 0.6) is 0 Å². The van der Waals surface area contributed by atoms with E-state index in [1.54, 1.807) is 24.3 Å². The third kappa shape index (κ3) is 4.83. The van der Waals surface area contributed by atoms with Gasteiger partial charge in [-0.25, -0.2) is 0 Å². The third-order valence-electron chi connectivity index (χ3n) is 3.45. The molecule has 0 aliphatic rings. The van der Waals surface area contributed by atoms with E-state index in [1.807, 2.05) is 31.2 Å². The molecule has 0 saturated carbocycles. The number of carbonyl (C=O) groups is 2. The van der Waals surface area contributed by atoms with Gasteiger partial charge in [-0.1, -0.05) is 30.7 Å². The second-order valence-electron chi connectivity index (χ2n) is 5.24. The molecule has 0 bridgehead atoms. The number of nitrogens with one attached hydrogen (secondary N) is 2. The van der Waals surface area contributed by atoms with E-state index >= 15 is 0 Å². The Kier molecular flexibility index (Phi) is 5.77. The lowest BCUT2D eigenvalue weighted by Gasteiger charge is -2.17. The molecule has 1 unspecified atom stereocenters. The summed E-state index contributed by atoms with van der Waals surface area (Å²) in [4.78, 5) is 23.4. The molecule has 2 amide bonds. The molecule has 2 rings (SSSR count). The van der Waals surface area contributed by atoms with Crippen LogP contribution in [0.2, 0.25) is 5.02 Å². The number of rotatable bonds is 5. The number of halogens is 1. The first-order chi connectivity index (χ1) is 11.0. The second-order valence-corrected chi connectivity index (χ2v) is 5.68. The minimum atomic E-state index is -0.152. The Bertz CT molecular complexity index is 681. The normalized spacial score (nSPS) is 11.6. The maximum absolute atomic E-state index is 12.4. The summed E-state index contributed by atoms with van der Waals surface area (Å²) in [6.07, 6.45) is 0.775. The summed E-state index contributed by atoms with van der Waals surface area (Å²) in [6.45, 7) is 3.46. The van der Waals surface area contributed by atoms with Crippen LogP contribution in [0.25, 0.3) is 0 Å². The predicted molar refractivity (Wildman–Crippen MR) is 92.7 cm³/mol. The van der Waals surface area contributed by atoms with Crippen LogP contribution < -0.4 is 10.6 Å². The fourth-order valence-corrected chi connectivity index (χ4v) is 2.39. The van der Waals surface area contributed by atoms with E-state index in [2.05, 4.69) is 10.6 Å². The average Bonchev–Trinajstić information content (AvgIpc) is 2.53. The highest BCUT2D eigenvalue weighted by atomic mass is 35.5. The van der Waals surface area contributed by atoms with Crippen molar-refractivity contribution in [2.24, 2.45) is 0 Å². The van der Waals surface area contributed by atoms with Gasteiger partial charge >= 0.3 is 0 Å². The number of amides is 2. The second kappa shape index (κ2) is 7.79. The molecule has 2 aromatic carbocycles. The van der Waals surface area contributed by atoms with Gasteiger partial charge in [0, 0.05) is 23.2 Å². The van der Waals surface area contributed by atoms with Crippen molar-refractivity contribution in [3.8, 4) is 0 Å². The number of carbonyl (C=O) groups excluding carboxylic acids is 2. The molecule has 1 atom stereocenters. The lowest BCUT2D eigenvalue weighted by Crippen LogP contribution is -2.28. The van der Waals surface area contributed by atoms with Crippen molar-refractivity contribution in [3.05, 3.63) is 64.7 Å². The van der Waals surface area contributed by atoms with Gasteiger partial charge in [-0.15, -0.1) is 0 Å². The summed E-state index contributed by atoms with van der Waals surface area (Å²) in [5, 5.41) is 6.35. The molecule has 5 heteroatoms. The molecule has 0 fully saturated rings. The van der Waals surface area contributed by atoms with Crippen molar-refractivity contribution in [2.75, 3.05) is 5.32 Å². The first-order valence-corrected chi connectivity index (χ1v) is 7.81. The van der Waals surface area contributed by atoms with E-state index in [4.69, 9.17) is 11.6 Å². The highest BCUT2D eigenvalue weighted by molar-refractivity contribution is 6.30. The van der Waals surface area contributed by atoms with Crippen LogP contribution in [0.3, 0.4) is 0 Å². The molecule has 0 aromatic heterocycles. The van der Waals surface area contributed by atoms with E-state index in [0.717, 1.165) is 12.0 Å². The zero-order valence-corrected chi connectivity index (χ0v) is 13.9. The van der Waals surface area contributed by atoms with Crippen LogP contribution >= 0.6 is 11.6 Å². The molecule has 0 saturated heterocycles. The first-order valence-electron chi connectivity index (χ1n) is 7.43. The molecule has 0 spiro atoms. The predicted octanol–water partition coefficient (Wildman–Crippen LogP) is 4.18. The molecule has 0 aliphatic heterocycles. The average molecular weight is 331 g/mol. The van der Waals surface area contributed by atoms with Crippen molar-refractivity contribution in [2.45, 2.75) is 26.3 Å². The van der Waals surface area contributed by atoms with E-state index < -0.39 is 0 Å². The van der Waals surface area contributed by atoms with Crippen LogP contribution in [0.15, 0.2) is 48.5 Å². The maximum atomic E-state index is 12.4. The molecule has 4 nitrogen and oxygen atoms in total. The van der Waals surface area contributed by atoms with Gasteiger partial charge < -0.3 is 10.6 Å². The van der Waals surface area contributed by atoms with Crippen molar-refractivity contribution in [1.82, 2.24) is 5.32 Å². The van der Waals surface area contributed by atoms with E-state index in [-0.39, 0.29) is 17.9 Å². The Labute approximate surface area is 140 Å². The van der Waals surface area contributed by atoms with Crippen LogP contribution in [-0.4, -0.2) is 11.8 Å². The van der Waals surface area contributed by atoms with Gasteiger partial charge in [-0.3, -0.25) is 9.59 Å². The van der Waals surface area contributed by atoms with Crippen LogP contribution in [-0.2, 0) is 4.79 Å². The number of hydrogen-bond donors (Lipinski definition) is 2. The number of benzene rings is 2. The lowest BCUT2D eigenvalue weighted by atomic mass is 10.0. The molecule has 0 aliphatic carbocycles. The molecule has 2 N–H and O–H groups in total. The third-order valence-corrected chi connectivity index (χ3v) is 3.71. The summed E-state index contributed by atoms with van der Waals surface area (Å²) >= 11 is 5.89. The number of anilines is 1. The smallest absolute Gasteiger partial charge is 0.251 e. The summed E-state index contributed by atoms with van der Waals surface area (Å²) < 4.78 is 0. The monoisotopic (exact) mass is 330 g/mol. The zero-order valence-electron chi connectivity index (χ0n) is 13.1. The Balaban J connectivity index is 2.07. The largest absolute Gasteiger partial charge is 0.345 e. The molecule has 0 radical (unpaired) electrons. The fourth-order valence-electron chi connectivity index (χ4n) is 2.27. The van der Waals surface area contributed by atoms with E-state index in [1.165, 1.54) is 6.92 Å². The maximum Gasteiger partial charge on any atom is 0.251 e. The molecule has 2 aromatic rings. The van der Waals surface area contributed by atoms with Crippen molar-refractivity contribution < 1.29 is 9.59 Å². The molecule has 0 heterocycles.